The van der Waals surface area contributed by atoms with E-state index in [0.717, 1.165) is 18.9 Å². The van der Waals surface area contributed by atoms with Crippen LogP contribution in [0.25, 0.3) is 0 Å². The summed E-state index contributed by atoms with van der Waals surface area (Å²) in [4.78, 5) is -0.759. The van der Waals surface area contributed by atoms with Gasteiger partial charge in [0.05, 0.1) is 16.7 Å². The van der Waals surface area contributed by atoms with Crippen molar-refractivity contribution in [1.29, 1.82) is 0 Å². The van der Waals surface area contributed by atoms with Crippen LogP contribution in [0.5, 0.6) is 0 Å². The monoisotopic (exact) mass is 309 g/mol. The van der Waals surface area contributed by atoms with E-state index < -0.39 is 20.2 Å². The first kappa shape index (κ1) is 15.1. The molecule has 4 nitrogen and oxygen atoms in total. The largest absolute Gasteiger partial charge is 0.501 e. The van der Waals surface area contributed by atoms with E-state index in [4.69, 9.17) is 4.74 Å². The Bertz CT molecular complexity index is 566. The van der Waals surface area contributed by atoms with Gasteiger partial charge >= 0.3 is 5.51 Å². The van der Waals surface area contributed by atoms with E-state index >= 15 is 0 Å². The molecule has 1 aromatic rings. The van der Waals surface area contributed by atoms with Gasteiger partial charge in [-0.3, -0.25) is 0 Å². The maximum absolute atomic E-state index is 12.6. The molecule has 0 radical (unpaired) electrons. The maximum atomic E-state index is 12.6. The van der Waals surface area contributed by atoms with Gasteiger partial charge in [0.25, 0.3) is 9.84 Å². The van der Waals surface area contributed by atoms with E-state index in [9.17, 15) is 21.6 Å². The van der Waals surface area contributed by atoms with E-state index in [1.165, 1.54) is 18.2 Å². The number of ether oxygens (including phenoxy) is 1. The molecular weight excluding hydrogens is 295 g/mol. The second-order valence-electron chi connectivity index (χ2n) is 4.46. The Kier molecular flexibility index (Phi) is 4.24. The summed E-state index contributed by atoms with van der Waals surface area (Å²) >= 11 is 0. The molecule has 1 fully saturated rings. The van der Waals surface area contributed by atoms with Crippen molar-refractivity contribution in [2.24, 2.45) is 0 Å². The Labute approximate surface area is 114 Å². The minimum Gasteiger partial charge on any atom is -0.381 e. The highest BCUT2D eigenvalue weighted by atomic mass is 32.2. The van der Waals surface area contributed by atoms with Crippen molar-refractivity contribution in [2.45, 2.75) is 29.3 Å². The number of alkyl halides is 3. The molecule has 1 unspecified atom stereocenters. The Balaban J connectivity index is 2.22. The molecule has 1 aromatic carbocycles. The molecule has 20 heavy (non-hydrogen) atoms. The molecule has 1 atom stereocenters. The molecule has 2 rings (SSSR count). The maximum Gasteiger partial charge on any atom is 0.501 e. The van der Waals surface area contributed by atoms with Gasteiger partial charge in [-0.1, -0.05) is 12.1 Å². The fraction of sp³-hybridized carbons (Fsp3) is 0.500. The second kappa shape index (κ2) is 5.61. The summed E-state index contributed by atoms with van der Waals surface area (Å²) in [5.41, 5.74) is -5.37. The average Bonchev–Trinajstić information content (AvgIpc) is 2.88. The number of halogens is 3. The first-order chi connectivity index (χ1) is 9.32. The summed E-state index contributed by atoms with van der Waals surface area (Å²) in [6.07, 6.45) is 1.60. The van der Waals surface area contributed by atoms with Crippen LogP contribution in [0.4, 0.5) is 18.9 Å². The zero-order chi connectivity index (χ0) is 14.8. The number of benzene rings is 1. The molecule has 1 saturated heterocycles. The molecule has 8 heteroatoms. The minimum absolute atomic E-state index is 0.0553. The van der Waals surface area contributed by atoms with Crippen molar-refractivity contribution >= 4 is 15.5 Å². The lowest BCUT2D eigenvalue weighted by Crippen LogP contribution is -2.25. The molecule has 1 aliphatic rings. The zero-order valence-corrected chi connectivity index (χ0v) is 11.3. The van der Waals surface area contributed by atoms with Crippen molar-refractivity contribution in [3.8, 4) is 0 Å². The molecule has 0 saturated carbocycles. The third-order valence-electron chi connectivity index (χ3n) is 3.03. The lowest BCUT2D eigenvalue weighted by Gasteiger charge is -2.16. The SMILES string of the molecule is O=S(=O)(c1ccccc1NCC1CCCO1)C(F)(F)F. The van der Waals surface area contributed by atoms with Crippen LogP contribution < -0.4 is 5.32 Å². The van der Waals surface area contributed by atoms with Crippen LogP contribution in [0.1, 0.15) is 12.8 Å². The quantitative estimate of drug-likeness (QED) is 0.929. The van der Waals surface area contributed by atoms with E-state index in [2.05, 4.69) is 5.32 Å². The Morgan fingerprint density at radius 1 is 1.30 bits per heavy atom. The molecule has 1 N–H and O–H groups in total. The van der Waals surface area contributed by atoms with Crippen molar-refractivity contribution in [3.05, 3.63) is 24.3 Å². The van der Waals surface area contributed by atoms with E-state index in [0.29, 0.717) is 6.61 Å². The fourth-order valence-electron chi connectivity index (χ4n) is 2.00. The van der Waals surface area contributed by atoms with Crippen molar-refractivity contribution in [3.63, 3.8) is 0 Å². The molecule has 0 amide bonds. The first-order valence-corrected chi connectivity index (χ1v) is 7.56. The van der Waals surface area contributed by atoms with Crippen LogP contribution in [0, 0.1) is 0 Å². The van der Waals surface area contributed by atoms with Crippen LogP contribution in [-0.2, 0) is 14.6 Å². The summed E-state index contributed by atoms with van der Waals surface area (Å²) < 4.78 is 66.1. The van der Waals surface area contributed by atoms with E-state index in [-0.39, 0.29) is 18.3 Å². The summed E-state index contributed by atoms with van der Waals surface area (Å²) in [5, 5.41) is 2.73. The number of sulfone groups is 1. The highest BCUT2D eigenvalue weighted by Gasteiger charge is 2.47. The topological polar surface area (TPSA) is 55.4 Å². The van der Waals surface area contributed by atoms with Gasteiger partial charge in [-0.25, -0.2) is 8.42 Å². The second-order valence-corrected chi connectivity index (χ2v) is 6.37. The van der Waals surface area contributed by atoms with Gasteiger partial charge < -0.3 is 10.1 Å². The number of para-hydroxylation sites is 1. The summed E-state index contributed by atoms with van der Waals surface area (Å²) in [7, 11) is -5.36. The van der Waals surface area contributed by atoms with Crippen LogP contribution in [0.3, 0.4) is 0 Å². The van der Waals surface area contributed by atoms with Gasteiger partial charge in [0, 0.05) is 13.2 Å². The zero-order valence-electron chi connectivity index (χ0n) is 10.5. The molecule has 0 aliphatic carbocycles. The molecule has 0 spiro atoms. The van der Waals surface area contributed by atoms with Gasteiger partial charge in [0.1, 0.15) is 0 Å². The van der Waals surface area contributed by atoms with Crippen LogP contribution in [0.2, 0.25) is 0 Å². The van der Waals surface area contributed by atoms with Gasteiger partial charge in [-0.2, -0.15) is 13.2 Å². The van der Waals surface area contributed by atoms with Gasteiger partial charge in [0.15, 0.2) is 0 Å². The third kappa shape index (κ3) is 3.06. The Morgan fingerprint density at radius 3 is 2.60 bits per heavy atom. The molecule has 0 bridgehead atoms. The smallest absolute Gasteiger partial charge is 0.381 e. The number of anilines is 1. The Morgan fingerprint density at radius 2 is 2.00 bits per heavy atom. The lowest BCUT2D eigenvalue weighted by atomic mass is 10.2. The van der Waals surface area contributed by atoms with E-state index in [1.807, 2.05) is 0 Å². The molecular formula is C12H14F3NO3S. The Hall–Kier alpha value is -1.28. The van der Waals surface area contributed by atoms with Gasteiger partial charge in [-0.15, -0.1) is 0 Å². The van der Waals surface area contributed by atoms with Crippen molar-refractivity contribution in [2.75, 3.05) is 18.5 Å². The minimum atomic E-state index is -5.36. The fourth-order valence-corrected chi connectivity index (χ4v) is 2.94. The number of nitrogens with one attached hydrogen (secondary N) is 1. The first-order valence-electron chi connectivity index (χ1n) is 6.08. The van der Waals surface area contributed by atoms with Crippen LogP contribution >= 0.6 is 0 Å². The predicted molar refractivity (Wildman–Crippen MR) is 67.1 cm³/mol. The van der Waals surface area contributed by atoms with Gasteiger partial charge in [-0.05, 0) is 25.0 Å². The average molecular weight is 309 g/mol. The molecule has 0 aromatic heterocycles. The molecule has 112 valence electrons. The molecule has 1 aliphatic heterocycles. The van der Waals surface area contributed by atoms with Crippen LogP contribution in [0.15, 0.2) is 29.2 Å². The lowest BCUT2D eigenvalue weighted by molar-refractivity contribution is -0.0435. The third-order valence-corrected chi connectivity index (χ3v) is 4.57. The normalized spacial score (nSPS) is 20.1. The number of hydrogen-bond acceptors (Lipinski definition) is 4. The van der Waals surface area contributed by atoms with Crippen LogP contribution in [-0.4, -0.2) is 33.2 Å². The number of hydrogen-bond donors (Lipinski definition) is 1. The molecule has 1 heterocycles. The summed E-state index contributed by atoms with van der Waals surface area (Å²) in [5.74, 6) is 0. The summed E-state index contributed by atoms with van der Waals surface area (Å²) in [6, 6.07) is 5.00. The van der Waals surface area contributed by atoms with E-state index in [1.54, 1.807) is 0 Å². The van der Waals surface area contributed by atoms with Crippen molar-refractivity contribution in [1.82, 2.24) is 0 Å². The predicted octanol–water partition coefficient (Wildman–Crippen LogP) is 2.57. The number of rotatable bonds is 4. The highest BCUT2D eigenvalue weighted by Crippen LogP contribution is 2.34. The summed E-state index contributed by atoms with van der Waals surface area (Å²) in [6.45, 7) is 0.902. The van der Waals surface area contributed by atoms with Gasteiger partial charge in [0.2, 0.25) is 0 Å². The van der Waals surface area contributed by atoms with Crippen molar-refractivity contribution < 1.29 is 26.3 Å². The standard InChI is InChI=1S/C12H14F3NO3S/c13-12(14,15)20(17,18)11-6-2-1-5-10(11)16-8-9-4-3-7-19-9/h1-2,5-6,9,16H,3-4,7-8H2. The highest BCUT2D eigenvalue weighted by molar-refractivity contribution is 7.92.